The second-order valence-electron chi connectivity index (χ2n) is 3.49. The predicted octanol–water partition coefficient (Wildman–Crippen LogP) is 2.68. The highest BCUT2D eigenvalue weighted by Gasteiger charge is 2.23. The first kappa shape index (κ1) is 11.0. The molecule has 1 aromatic rings. The monoisotopic (exact) mass is 274 g/mol. The van der Waals surface area contributed by atoms with Gasteiger partial charge < -0.3 is 9.47 Å². The molecule has 0 aromatic heterocycles. The van der Waals surface area contributed by atoms with Gasteiger partial charge in [0.2, 0.25) is 0 Å². The molecule has 0 bridgehead atoms. The lowest BCUT2D eigenvalue weighted by atomic mass is 10.1. The van der Waals surface area contributed by atoms with Crippen LogP contribution in [0.25, 0.3) is 0 Å². The largest absolute Gasteiger partial charge is 0.376 e. The van der Waals surface area contributed by atoms with E-state index in [1.165, 1.54) is 12.1 Å². The van der Waals surface area contributed by atoms with Gasteiger partial charge in [0.15, 0.2) is 0 Å². The first-order valence-corrected chi connectivity index (χ1v) is 5.96. The van der Waals surface area contributed by atoms with E-state index in [-0.39, 0.29) is 18.0 Å². The van der Waals surface area contributed by atoms with Crippen molar-refractivity contribution in [3.05, 3.63) is 35.6 Å². The lowest BCUT2D eigenvalue weighted by molar-refractivity contribution is -0.150. The van der Waals surface area contributed by atoms with Crippen LogP contribution >= 0.6 is 15.9 Å². The van der Waals surface area contributed by atoms with Crippen LogP contribution in [0.15, 0.2) is 24.3 Å². The first-order valence-electron chi connectivity index (χ1n) is 4.84. The maximum absolute atomic E-state index is 13.0. The Balaban J connectivity index is 2.04. The number of alkyl halides is 1. The van der Waals surface area contributed by atoms with Crippen molar-refractivity contribution < 1.29 is 13.9 Å². The fourth-order valence-corrected chi connectivity index (χ4v) is 1.96. The summed E-state index contributed by atoms with van der Waals surface area (Å²) >= 11 is 3.37. The molecule has 0 aliphatic carbocycles. The molecular formula is C11H12BrFO2. The summed E-state index contributed by atoms with van der Waals surface area (Å²) < 4.78 is 23.8. The SMILES string of the molecule is Fc1cccc(C(CBr)OC2COC2)c1. The molecular weight excluding hydrogens is 263 g/mol. The van der Waals surface area contributed by atoms with Crippen molar-refractivity contribution in [3.63, 3.8) is 0 Å². The Kier molecular flexibility index (Phi) is 3.72. The van der Waals surface area contributed by atoms with Crippen molar-refractivity contribution in [3.8, 4) is 0 Å². The zero-order valence-electron chi connectivity index (χ0n) is 8.16. The summed E-state index contributed by atoms with van der Waals surface area (Å²) in [5, 5.41) is 0.660. The summed E-state index contributed by atoms with van der Waals surface area (Å²) in [6, 6.07) is 6.50. The van der Waals surface area contributed by atoms with Crippen molar-refractivity contribution in [2.45, 2.75) is 12.2 Å². The summed E-state index contributed by atoms with van der Waals surface area (Å²) in [7, 11) is 0. The summed E-state index contributed by atoms with van der Waals surface area (Å²) in [4.78, 5) is 0. The molecule has 0 amide bonds. The van der Waals surface area contributed by atoms with Crippen LogP contribution in [0.1, 0.15) is 11.7 Å². The van der Waals surface area contributed by atoms with Crippen LogP contribution in [-0.4, -0.2) is 24.6 Å². The molecule has 1 unspecified atom stereocenters. The van der Waals surface area contributed by atoms with Crippen LogP contribution in [-0.2, 0) is 9.47 Å². The molecule has 1 aliphatic heterocycles. The van der Waals surface area contributed by atoms with Crippen LogP contribution in [0.5, 0.6) is 0 Å². The van der Waals surface area contributed by atoms with E-state index in [1.54, 1.807) is 6.07 Å². The summed E-state index contributed by atoms with van der Waals surface area (Å²) in [5.74, 6) is -0.230. The lowest BCUT2D eigenvalue weighted by Gasteiger charge is -2.30. The van der Waals surface area contributed by atoms with Crippen LogP contribution < -0.4 is 0 Å². The third-order valence-electron chi connectivity index (χ3n) is 2.32. The normalized spacial score (nSPS) is 18.5. The van der Waals surface area contributed by atoms with Gasteiger partial charge in [0, 0.05) is 5.33 Å². The molecule has 0 radical (unpaired) electrons. The van der Waals surface area contributed by atoms with Crippen molar-refractivity contribution >= 4 is 15.9 Å². The predicted molar refractivity (Wildman–Crippen MR) is 58.6 cm³/mol. The Morgan fingerprint density at radius 1 is 1.53 bits per heavy atom. The average molecular weight is 275 g/mol. The van der Waals surface area contributed by atoms with Gasteiger partial charge in [-0.2, -0.15) is 0 Å². The third-order valence-corrected chi connectivity index (χ3v) is 2.91. The van der Waals surface area contributed by atoms with Gasteiger partial charge in [-0.3, -0.25) is 0 Å². The van der Waals surface area contributed by atoms with Gasteiger partial charge in [-0.1, -0.05) is 28.1 Å². The van der Waals surface area contributed by atoms with E-state index >= 15 is 0 Å². The van der Waals surface area contributed by atoms with Crippen molar-refractivity contribution in [1.29, 1.82) is 0 Å². The van der Waals surface area contributed by atoms with E-state index in [0.717, 1.165) is 5.56 Å². The number of benzene rings is 1. The number of hydrogen-bond donors (Lipinski definition) is 0. The topological polar surface area (TPSA) is 18.5 Å². The van der Waals surface area contributed by atoms with E-state index in [4.69, 9.17) is 9.47 Å². The van der Waals surface area contributed by atoms with Gasteiger partial charge in [0.25, 0.3) is 0 Å². The molecule has 4 heteroatoms. The standard InChI is InChI=1S/C11H12BrFO2/c12-5-11(15-10-6-14-7-10)8-2-1-3-9(13)4-8/h1-4,10-11H,5-7H2. The zero-order valence-corrected chi connectivity index (χ0v) is 9.74. The van der Waals surface area contributed by atoms with Crippen molar-refractivity contribution in [2.24, 2.45) is 0 Å². The minimum Gasteiger partial charge on any atom is -0.376 e. The summed E-state index contributed by atoms with van der Waals surface area (Å²) in [6.07, 6.45) is 0.0467. The molecule has 1 fully saturated rings. The quantitative estimate of drug-likeness (QED) is 0.786. The fourth-order valence-electron chi connectivity index (χ4n) is 1.44. The van der Waals surface area contributed by atoms with Crippen molar-refractivity contribution in [2.75, 3.05) is 18.5 Å². The minimum absolute atomic E-state index is 0.102. The molecule has 2 nitrogen and oxygen atoms in total. The second-order valence-corrected chi connectivity index (χ2v) is 4.14. The molecule has 2 rings (SSSR count). The van der Waals surface area contributed by atoms with Crippen LogP contribution in [0, 0.1) is 5.82 Å². The van der Waals surface area contributed by atoms with E-state index in [2.05, 4.69) is 15.9 Å². The molecule has 1 atom stereocenters. The van der Waals surface area contributed by atoms with E-state index < -0.39 is 0 Å². The van der Waals surface area contributed by atoms with E-state index in [0.29, 0.717) is 18.5 Å². The number of hydrogen-bond acceptors (Lipinski definition) is 2. The molecule has 1 aromatic carbocycles. The highest BCUT2D eigenvalue weighted by Crippen LogP contribution is 2.24. The summed E-state index contributed by atoms with van der Waals surface area (Å²) in [6.45, 7) is 1.28. The minimum atomic E-state index is -0.230. The molecule has 15 heavy (non-hydrogen) atoms. The Hall–Kier alpha value is -0.450. The smallest absolute Gasteiger partial charge is 0.123 e. The van der Waals surface area contributed by atoms with Gasteiger partial charge >= 0.3 is 0 Å². The van der Waals surface area contributed by atoms with Gasteiger partial charge in [0.1, 0.15) is 11.9 Å². The summed E-state index contributed by atoms with van der Waals surface area (Å²) in [5.41, 5.74) is 0.860. The van der Waals surface area contributed by atoms with Gasteiger partial charge in [-0.15, -0.1) is 0 Å². The van der Waals surface area contributed by atoms with Gasteiger partial charge in [-0.25, -0.2) is 4.39 Å². The third kappa shape index (κ3) is 2.77. The highest BCUT2D eigenvalue weighted by molar-refractivity contribution is 9.09. The molecule has 82 valence electrons. The Bertz CT molecular complexity index is 328. The van der Waals surface area contributed by atoms with E-state index in [1.807, 2.05) is 6.07 Å². The fraction of sp³-hybridized carbons (Fsp3) is 0.455. The van der Waals surface area contributed by atoms with Crippen LogP contribution in [0.2, 0.25) is 0 Å². The van der Waals surface area contributed by atoms with Crippen LogP contribution in [0.3, 0.4) is 0 Å². The zero-order chi connectivity index (χ0) is 10.7. The molecule has 0 saturated carbocycles. The molecule has 1 aliphatic rings. The van der Waals surface area contributed by atoms with E-state index in [9.17, 15) is 4.39 Å². The maximum Gasteiger partial charge on any atom is 0.123 e. The molecule has 0 N–H and O–H groups in total. The Morgan fingerprint density at radius 3 is 2.87 bits per heavy atom. The Morgan fingerprint density at radius 2 is 2.33 bits per heavy atom. The second kappa shape index (κ2) is 5.05. The highest BCUT2D eigenvalue weighted by atomic mass is 79.9. The molecule has 1 saturated heterocycles. The molecule has 0 spiro atoms. The maximum atomic E-state index is 13.0. The van der Waals surface area contributed by atoms with Crippen LogP contribution in [0.4, 0.5) is 4.39 Å². The lowest BCUT2D eigenvalue weighted by Crippen LogP contribution is -2.37. The van der Waals surface area contributed by atoms with Crippen molar-refractivity contribution in [1.82, 2.24) is 0 Å². The number of ether oxygens (including phenoxy) is 2. The average Bonchev–Trinajstić information content (AvgIpc) is 2.16. The van der Waals surface area contributed by atoms with Gasteiger partial charge in [-0.05, 0) is 17.7 Å². The van der Waals surface area contributed by atoms with Gasteiger partial charge in [0.05, 0.1) is 19.3 Å². The Labute approximate surface area is 96.5 Å². The molecule has 1 heterocycles. The first-order chi connectivity index (χ1) is 7.29. The number of halogens is 2. The number of rotatable bonds is 4.